The summed E-state index contributed by atoms with van der Waals surface area (Å²) in [6, 6.07) is 9.45. The lowest BCUT2D eigenvalue weighted by Crippen LogP contribution is -2.21. The van der Waals surface area contributed by atoms with E-state index >= 15 is 0 Å². The second-order valence-electron chi connectivity index (χ2n) is 3.54. The van der Waals surface area contributed by atoms with Crippen LogP contribution in [0, 0.1) is 0 Å². The van der Waals surface area contributed by atoms with Gasteiger partial charge in [0.1, 0.15) is 6.61 Å². The first kappa shape index (κ1) is 10.9. The number of aliphatic hydroxyl groups is 2. The van der Waals surface area contributed by atoms with Crippen LogP contribution in [0.5, 0.6) is 0 Å². The van der Waals surface area contributed by atoms with E-state index in [4.69, 9.17) is 10.2 Å². The summed E-state index contributed by atoms with van der Waals surface area (Å²) in [7, 11) is 0. The summed E-state index contributed by atoms with van der Waals surface area (Å²) in [5.41, 5.74) is 0.0184. The Bertz CT molecular complexity index is 416. The Morgan fingerprint density at radius 2 is 1.88 bits per heavy atom. The average molecular weight is 219 g/mol. The summed E-state index contributed by atoms with van der Waals surface area (Å²) < 4.78 is 0. The van der Waals surface area contributed by atoms with Gasteiger partial charge in [-0.05, 0) is 0 Å². The summed E-state index contributed by atoms with van der Waals surface area (Å²) in [4.78, 5) is 4.27. The molecule has 1 heterocycles. The van der Waals surface area contributed by atoms with Crippen LogP contribution in [0.4, 0.5) is 0 Å². The van der Waals surface area contributed by atoms with Crippen molar-refractivity contribution in [3.8, 4) is 0 Å². The molecule has 5 heteroatoms. The Kier molecular flexibility index (Phi) is 3.07. The van der Waals surface area contributed by atoms with Crippen LogP contribution in [-0.4, -0.2) is 29.3 Å². The fraction of sp³-hybridized carbons (Fsp3) is 0.364. The topological polar surface area (TPSA) is 77.5 Å². The lowest BCUT2D eigenvalue weighted by molar-refractivity contribution is 0.243. The molecule has 0 amide bonds. The van der Waals surface area contributed by atoms with E-state index in [2.05, 4.69) is 15.2 Å². The lowest BCUT2D eigenvalue weighted by Gasteiger charge is -2.20. The second kappa shape index (κ2) is 4.51. The SMILES string of the molecule is OCCC1(c2ccccc2)N=NC(CO)=N1. The van der Waals surface area contributed by atoms with Gasteiger partial charge in [-0.3, -0.25) is 0 Å². The lowest BCUT2D eigenvalue weighted by atomic mass is 9.98. The summed E-state index contributed by atoms with van der Waals surface area (Å²) in [6.45, 7) is -0.264. The number of nitrogens with zero attached hydrogens (tertiary/aromatic N) is 3. The van der Waals surface area contributed by atoms with Gasteiger partial charge < -0.3 is 10.2 Å². The molecule has 0 spiro atoms. The number of azo groups is 1. The van der Waals surface area contributed by atoms with Gasteiger partial charge in [-0.1, -0.05) is 30.3 Å². The quantitative estimate of drug-likeness (QED) is 0.794. The zero-order valence-electron chi connectivity index (χ0n) is 8.74. The minimum Gasteiger partial charge on any atom is -0.396 e. The molecule has 2 N–H and O–H groups in total. The van der Waals surface area contributed by atoms with E-state index in [1.165, 1.54) is 0 Å². The maximum absolute atomic E-state index is 9.08. The highest BCUT2D eigenvalue weighted by Crippen LogP contribution is 2.35. The molecule has 0 fully saturated rings. The second-order valence-corrected chi connectivity index (χ2v) is 3.54. The van der Waals surface area contributed by atoms with E-state index in [9.17, 15) is 0 Å². The first-order valence-electron chi connectivity index (χ1n) is 5.09. The van der Waals surface area contributed by atoms with Crippen molar-refractivity contribution in [3.05, 3.63) is 35.9 Å². The van der Waals surface area contributed by atoms with E-state index < -0.39 is 5.66 Å². The first-order chi connectivity index (χ1) is 7.80. The molecule has 1 aliphatic rings. The minimum absolute atomic E-state index is 0.0316. The van der Waals surface area contributed by atoms with E-state index in [1.54, 1.807) is 0 Å². The van der Waals surface area contributed by atoms with Crippen LogP contribution in [0.1, 0.15) is 12.0 Å². The highest BCUT2D eigenvalue weighted by Gasteiger charge is 2.35. The number of amidine groups is 1. The van der Waals surface area contributed by atoms with Crippen LogP contribution in [0.25, 0.3) is 0 Å². The minimum atomic E-state index is -0.853. The van der Waals surface area contributed by atoms with Crippen LogP contribution in [0.3, 0.4) is 0 Å². The summed E-state index contributed by atoms with van der Waals surface area (Å²) in [5, 5.41) is 25.9. The molecule has 0 aromatic heterocycles. The molecule has 16 heavy (non-hydrogen) atoms. The van der Waals surface area contributed by atoms with Gasteiger partial charge in [0.25, 0.3) is 0 Å². The van der Waals surface area contributed by atoms with Gasteiger partial charge in [-0.25, -0.2) is 4.99 Å². The van der Waals surface area contributed by atoms with Crippen molar-refractivity contribution in [2.75, 3.05) is 13.2 Å². The molecular weight excluding hydrogens is 206 g/mol. The normalized spacial score (nSPS) is 23.5. The molecule has 1 atom stereocenters. The molecule has 1 aromatic rings. The van der Waals surface area contributed by atoms with Gasteiger partial charge in [0, 0.05) is 18.6 Å². The van der Waals surface area contributed by atoms with E-state index in [1.807, 2.05) is 30.3 Å². The monoisotopic (exact) mass is 219 g/mol. The van der Waals surface area contributed by atoms with Crippen molar-refractivity contribution < 1.29 is 10.2 Å². The fourth-order valence-electron chi connectivity index (χ4n) is 1.70. The Balaban J connectivity index is 2.39. The summed E-state index contributed by atoms with van der Waals surface area (Å²) in [6.07, 6.45) is 0.365. The number of benzene rings is 1. The third-order valence-corrected chi connectivity index (χ3v) is 2.48. The molecule has 0 saturated carbocycles. The molecule has 1 aromatic carbocycles. The van der Waals surface area contributed by atoms with Gasteiger partial charge >= 0.3 is 0 Å². The molecule has 0 bridgehead atoms. The average Bonchev–Trinajstić information content (AvgIpc) is 2.76. The summed E-state index contributed by atoms with van der Waals surface area (Å²) >= 11 is 0. The Morgan fingerprint density at radius 3 is 2.44 bits per heavy atom. The highest BCUT2D eigenvalue weighted by molar-refractivity contribution is 5.85. The van der Waals surface area contributed by atoms with Gasteiger partial charge in [0.15, 0.2) is 5.84 Å². The number of aliphatic imine (C=N–C) groups is 1. The number of hydrogen-bond acceptors (Lipinski definition) is 5. The molecule has 0 radical (unpaired) electrons. The molecule has 84 valence electrons. The number of rotatable bonds is 4. The van der Waals surface area contributed by atoms with Crippen molar-refractivity contribution in [1.29, 1.82) is 0 Å². The Labute approximate surface area is 93.2 Å². The largest absolute Gasteiger partial charge is 0.396 e. The Hall–Kier alpha value is -1.59. The number of aliphatic hydroxyl groups excluding tert-OH is 2. The van der Waals surface area contributed by atoms with Crippen molar-refractivity contribution in [3.63, 3.8) is 0 Å². The third kappa shape index (κ3) is 1.87. The van der Waals surface area contributed by atoms with Crippen molar-refractivity contribution in [2.24, 2.45) is 15.2 Å². The van der Waals surface area contributed by atoms with Gasteiger partial charge in [-0.15, -0.1) is 5.11 Å². The van der Waals surface area contributed by atoms with Gasteiger partial charge in [-0.2, -0.15) is 5.11 Å². The fourth-order valence-corrected chi connectivity index (χ4v) is 1.70. The standard InChI is InChI=1S/C11H13N3O2/c15-7-6-11(9-4-2-1-3-5-9)12-10(8-16)13-14-11/h1-5,15-16H,6-8H2. The molecule has 0 saturated heterocycles. The zero-order chi connectivity index (χ0) is 11.4. The molecule has 1 unspecified atom stereocenters. The molecule has 1 aliphatic heterocycles. The van der Waals surface area contributed by atoms with E-state index in [-0.39, 0.29) is 13.2 Å². The predicted molar refractivity (Wildman–Crippen MR) is 59.2 cm³/mol. The molecule has 5 nitrogen and oxygen atoms in total. The number of hydrogen-bond donors (Lipinski definition) is 2. The van der Waals surface area contributed by atoms with E-state index in [0.717, 1.165) is 5.56 Å². The van der Waals surface area contributed by atoms with Gasteiger partial charge in [0.2, 0.25) is 5.66 Å². The molecular formula is C11H13N3O2. The maximum Gasteiger partial charge on any atom is 0.200 e. The van der Waals surface area contributed by atoms with Crippen LogP contribution >= 0.6 is 0 Å². The third-order valence-electron chi connectivity index (χ3n) is 2.48. The van der Waals surface area contributed by atoms with Gasteiger partial charge in [0.05, 0.1) is 0 Å². The predicted octanol–water partition coefficient (Wildman–Crippen LogP) is 1.08. The van der Waals surface area contributed by atoms with Crippen molar-refractivity contribution in [2.45, 2.75) is 12.1 Å². The van der Waals surface area contributed by atoms with Crippen molar-refractivity contribution in [1.82, 2.24) is 0 Å². The van der Waals surface area contributed by atoms with Crippen LogP contribution in [-0.2, 0) is 5.66 Å². The maximum atomic E-state index is 9.08. The van der Waals surface area contributed by atoms with Crippen LogP contribution in [0.15, 0.2) is 45.6 Å². The van der Waals surface area contributed by atoms with Crippen molar-refractivity contribution >= 4 is 5.84 Å². The van der Waals surface area contributed by atoms with Crippen LogP contribution in [0.2, 0.25) is 0 Å². The molecule has 0 aliphatic carbocycles. The first-order valence-corrected chi connectivity index (χ1v) is 5.09. The highest BCUT2D eigenvalue weighted by atomic mass is 16.3. The van der Waals surface area contributed by atoms with E-state index in [0.29, 0.717) is 12.3 Å². The zero-order valence-corrected chi connectivity index (χ0v) is 8.74. The van der Waals surface area contributed by atoms with Crippen LogP contribution < -0.4 is 0 Å². The smallest absolute Gasteiger partial charge is 0.200 e. The Morgan fingerprint density at radius 1 is 1.12 bits per heavy atom. The molecule has 2 rings (SSSR count). The summed E-state index contributed by atoms with van der Waals surface area (Å²) in [5.74, 6) is 0.303.